The number of phenolic OH excluding ortho intramolecular Hbond substituents is 1. The molecule has 2 aromatic rings. The lowest BCUT2D eigenvalue weighted by Gasteiger charge is -2.36. The summed E-state index contributed by atoms with van der Waals surface area (Å²) in [5, 5.41) is 16.6. The molecule has 2 unspecified atom stereocenters. The van der Waals surface area contributed by atoms with Crippen LogP contribution < -0.4 is 10.6 Å². The zero-order valence-corrected chi connectivity index (χ0v) is 15.5. The highest BCUT2D eigenvalue weighted by molar-refractivity contribution is 5.65. The van der Waals surface area contributed by atoms with Crippen LogP contribution in [-0.2, 0) is 0 Å². The second-order valence-electron chi connectivity index (χ2n) is 7.79. The summed E-state index contributed by atoms with van der Waals surface area (Å²) >= 11 is 0. The van der Waals surface area contributed by atoms with E-state index in [1.807, 2.05) is 18.2 Å². The molecule has 1 aliphatic carbocycles. The normalized spacial score (nSPS) is 24.0. The number of rotatable bonds is 3. The van der Waals surface area contributed by atoms with Gasteiger partial charge in [-0.15, -0.1) is 0 Å². The van der Waals surface area contributed by atoms with Crippen LogP contribution >= 0.6 is 0 Å². The lowest BCUT2D eigenvalue weighted by atomic mass is 9.85. The number of benzene rings is 2. The lowest BCUT2D eigenvalue weighted by molar-refractivity contribution is -0.731. The third kappa shape index (κ3) is 3.63. The Morgan fingerprint density at radius 1 is 0.962 bits per heavy atom. The van der Waals surface area contributed by atoms with Crippen molar-refractivity contribution in [2.75, 3.05) is 0 Å². The van der Waals surface area contributed by atoms with Crippen LogP contribution in [-0.4, -0.2) is 11.3 Å². The van der Waals surface area contributed by atoms with Gasteiger partial charge in [0.2, 0.25) is 0 Å². The number of quaternary nitrogens is 1. The minimum Gasteiger partial charge on any atom is -0.507 e. The van der Waals surface area contributed by atoms with E-state index in [0.717, 1.165) is 5.56 Å². The summed E-state index contributed by atoms with van der Waals surface area (Å²) < 4.78 is 0. The first-order chi connectivity index (χ1) is 12.7. The monoisotopic (exact) mass is 349 g/mol. The van der Waals surface area contributed by atoms with Crippen LogP contribution in [0.25, 0.3) is 5.70 Å². The molecular weight excluding hydrogens is 320 g/mol. The zero-order chi connectivity index (χ0) is 17.9. The van der Waals surface area contributed by atoms with Gasteiger partial charge in [-0.05, 0) is 37.5 Å². The van der Waals surface area contributed by atoms with Crippen molar-refractivity contribution >= 4 is 5.70 Å². The molecular formula is C23H29N2O+. The molecule has 2 aliphatic rings. The van der Waals surface area contributed by atoms with Gasteiger partial charge in [0.05, 0.1) is 5.56 Å². The maximum Gasteiger partial charge on any atom is 0.162 e. The SMILES string of the molecule is Cc1ccc(C2=CC(c3ccccc3O)[NH2+]C(C3CCCCC3)N2)cc1. The summed E-state index contributed by atoms with van der Waals surface area (Å²) in [4.78, 5) is 0. The highest BCUT2D eigenvalue weighted by atomic mass is 16.3. The molecule has 0 amide bonds. The smallest absolute Gasteiger partial charge is 0.162 e. The van der Waals surface area contributed by atoms with E-state index < -0.39 is 0 Å². The number of aryl methyl sites for hydroxylation is 1. The third-order valence-corrected chi connectivity index (χ3v) is 5.90. The van der Waals surface area contributed by atoms with E-state index in [1.165, 1.54) is 48.9 Å². The van der Waals surface area contributed by atoms with E-state index >= 15 is 0 Å². The molecule has 2 atom stereocenters. The van der Waals surface area contributed by atoms with Crippen LogP contribution in [0.2, 0.25) is 0 Å². The van der Waals surface area contributed by atoms with E-state index in [9.17, 15) is 5.11 Å². The number of hydrogen-bond acceptors (Lipinski definition) is 2. The molecule has 1 aliphatic heterocycles. The molecule has 136 valence electrons. The minimum absolute atomic E-state index is 0.140. The molecule has 3 heteroatoms. The lowest BCUT2D eigenvalue weighted by Crippen LogP contribution is -2.96. The third-order valence-electron chi connectivity index (χ3n) is 5.90. The van der Waals surface area contributed by atoms with Gasteiger partial charge >= 0.3 is 0 Å². The number of para-hydroxylation sites is 1. The number of nitrogens with one attached hydrogen (secondary N) is 1. The fourth-order valence-electron chi connectivity index (χ4n) is 4.38. The minimum atomic E-state index is 0.140. The molecule has 2 aromatic carbocycles. The Labute approximate surface area is 156 Å². The Kier molecular flexibility index (Phi) is 4.98. The summed E-state index contributed by atoms with van der Waals surface area (Å²) in [5.41, 5.74) is 4.69. The van der Waals surface area contributed by atoms with Crippen molar-refractivity contribution in [3.8, 4) is 5.75 Å². The number of aromatic hydroxyl groups is 1. The van der Waals surface area contributed by atoms with Crippen LogP contribution in [0.4, 0.5) is 0 Å². The van der Waals surface area contributed by atoms with E-state index in [0.29, 0.717) is 17.8 Å². The van der Waals surface area contributed by atoms with Gasteiger partial charge in [0.25, 0.3) is 0 Å². The van der Waals surface area contributed by atoms with Crippen molar-refractivity contribution in [1.82, 2.24) is 5.32 Å². The topological polar surface area (TPSA) is 48.9 Å². The molecule has 4 rings (SSSR count). The fourth-order valence-corrected chi connectivity index (χ4v) is 4.38. The molecule has 1 fully saturated rings. The van der Waals surface area contributed by atoms with Crippen LogP contribution in [0.1, 0.15) is 54.8 Å². The van der Waals surface area contributed by atoms with Gasteiger partial charge in [-0.1, -0.05) is 61.2 Å². The molecule has 0 radical (unpaired) electrons. The number of phenols is 1. The molecule has 0 saturated heterocycles. The molecule has 0 aromatic heterocycles. The average molecular weight is 349 g/mol. The van der Waals surface area contributed by atoms with Crippen molar-refractivity contribution < 1.29 is 10.4 Å². The van der Waals surface area contributed by atoms with E-state index in [4.69, 9.17) is 0 Å². The molecule has 26 heavy (non-hydrogen) atoms. The van der Waals surface area contributed by atoms with Gasteiger partial charge in [-0.2, -0.15) is 0 Å². The Morgan fingerprint density at radius 3 is 2.42 bits per heavy atom. The standard InChI is InChI=1S/C23H28N2O/c1-16-11-13-17(14-12-16)20-15-21(19-9-5-6-10-22(19)26)25-23(24-20)18-7-3-2-4-8-18/h5-6,9-15,18,21,23-26H,2-4,7-8H2,1H3/p+1. The second-order valence-corrected chi connectivity index (χ2v) is 7.79. The Hall–Kier alpha value is -2.26. The average Bonchev–Trinajstić information content (AvgIpc) is 2.69. The zero-order valence-electron chi connectivity index (χ0n) is 15.5. The second kappa shape index (κ2) is 7.55. The van der Waals surface area contributed by atoms with E-state index in [2.05, 4.69) is 47.9 Å². The molecule has 4 N–H and O–H groups in total. The van der Waals surface area contributed by atoms with E-state index in [-0.39, 0.29) is 6.04 Å². The molecule has 1 saturated carbocycles. The van der Waals surface area contributed by atoms with Crippen molar-refractivity contribution in [2.24, 2.45) is 5.92 Å². The van der Waals surface area contributed by atoms with Gasteiger partial charge in [0, 0.05) is 17.7 Å². The molecule has 0 spiro atoms. The maximum atomic E-state index is 10.4. The predicted molar refractivity (Wildman–Crippen MR) is 105 cm³/mol. The van der Waals surface area contributed by atoms with Gasteiger partial charge in [-0.25, -0.2) is 0 Å². The van der Waals surface area contributed by atoms with Gasteiger partial charge in [0.15, 0.2) is 6.17 Å². The molecule has 0 bridgehead atoms. The van der Waals surface area contributed by atoms with Gasteiger partial charge < -0.3 is 15.7 Å². The maximum absolute atomic E-state index is 10.4. The molecule has 1 heterocycles. The fraction of sp³-hybridized carbons (Fsp3) is 0.391. The first kappa shape index (κ1) is 17.2. The Morgan fingerprint density at radius 2 is 1.69 bits per heavy atom. The van der Waals surface area contributed by atoms with Crippen LogP contribution in [0.3, 0.4) is 0 Å². The van der Waals surface area contributed by atoms with Crippen molar-refractivity contribution in [3.05, 3.63) is 71.3 Å². The van der Waals surface area contributed by atoms with Crippen molar-refractivity contribution in [2.45, 2.75) is 51.2 Å². The largest absolute Gasteiger partial charge is 0.507 e. The number of nitrogens with two attached hydrogens (primary N) is 1. The molecule has 3 nitrogen and oxygen atoms in total. The Balaban J connectivity index is 1.68. The summed E-state index contributed by atoms with van der Waals surface area (Å²) in [6.07, 6.45) is 9.25. The highest BCUT2D eigenvalue weighted by Crippen LogP contribution is 2.30. The summed E-state index contributed by atoms with van der Waals surface area (Å²) in [5.74, 6) is 1.07. The van der Waals surface area contributed by atoms with E-state index in [1.54, 1.807) is 6.07 Å². The van der Waals surface area contributed by atoms with Crippen LogP contribution in [0.5, 0.6) is 5.75 Å². The first-order valence-electron chi connectivity index (χ1n) is 9.89. The van der Waals surface area contributed by atoms with Crippen molar-refractivity contribution in [1.29, 1.82) is 0 Å². The first-order valence-corrected chi connectivity index (χ1v) is 9.89. The van der Waals surface area contributed by atoms with Crippen LogP contribution in [0, 0.1) is 12.8 Å². The summed E-state index contributed by atoms with van der Waals surface area (Å²) in [6, 6.07) is 16.6. The van der Waals surface area contributed by atoms with Crippen LogP contribution in [0.15, 0.2) is 54.6 Å². The number of hydrogen-bond donors (Lipinski definition) is 3. The summed E-state index contributed by atoms with van der Waals surface area (Å²) in [6.45, 7) is 2.12. The predicted octanol–water partition coefficient (Wildman–Crippen LogP) is 3.86. The summed E-state index contributed by atoms with van der Waals surface area (Å²) in [7, 11) is 0. The Bertz CT molecular complexity index is 775. The van der Waals surface area contributed by atoms with Gasteiger partial charge in [-0.3, -0.25) is 0 Å². The van der Waals surface area contributed by atoms with Crippen molar-refractivity contribution in [3.63, 3.8) is 0 Å². The van der Waals surface area contributed by atoms with Gasteiger partial charge in [0.1, 0.15) is 11.8 Å². The quantitative estimate of drug-likeness (QED) is 0.788. The highest BCUT2D eigenvalue weighted by Gasteiger charge is 2.34.